The van der Waals surface area contributed by atoms with Crippen LogP contribution in [0.2, 0.25) is 0 Å². The molecule has 0 aliphatic carbocycles. The van der Waals surface area contributed by atoms with Gasteiger partial charge in [0.1, 0.15) is 0 Å². The van der Waals surface area contributed by atoms with Gasteiger partial charge in [-0.05, 0) is 19.3 Å². The van der Waals surface area contributed by atoms with Crippen LogP contribution in [0.25, 0.3) is 0 Å². The van der Waals surface area contributed by atoms with Crippen molar-refractivity contribution in [3.05, 3.63) is 0 Å². The summed E-state index contributed by atoms with van der Waals surface area (Å²) in [5, 5.41) is 17.5. The van der Waals surface area contributed by atoms with Crippen molar-refractivity contribution in [2.24, 2.45) is 5.92 Å². The lowest BCUT2D eigenvalue weighted by molar-refractivity contribution is -0.171. The second-order valence-electron chi connectivity index (χ2n) is 3.49. The quantitative estimate of drug-likeness (QED) is 0.652. The number of rotatable bonds is 2. The molecule has 1 saturated heterocycles. The van der Waals surface area contributed by atoms with Crippen molar-refractivity contribution in [1.82, 2.24) is 0 Å². The van der Waals surface area contributed by atoms with E-state index >= 15 is 0 Å². The maximum Gasteiger partial charge on any atom is 0.335 e. The molecule has 1 fully saturated rings. The first-order valence-electron chi connectivity index (χ1n) is 4.02. The normalized spacial score (nSPS) is 38.9. The Balaban J connectivity index is 2.82. The maximum atomic E-state index is 10.8. The van der Waals surface area contributed by atoms with Gasteiger partial charge < -0.3 is 14.9 Å². The lowest BCUT2D eigenvalue weighted by atomic mass is 9.90. The molecular formula is C8H12O5. The molecule has 1 aliphatic rings. The highest BCUT2D eigenvalue weighted by Crippen LogP contribution is 2.35. The van der Waals surface area contributed by atoms with Crippen LogP contribution >= 0.6 is 0 Å². The molecule has 0 aromatic rings. The fourth-order valence-electron chi connectivity index (χ4n) is 1.42. The predicted octanol–water partition coefficient (Wildman–Crippen LogP) is 0.339. The number of hydrogen-bond donors (Lipinski definition) is 2. The molecule has 0 aromatic carbocycles. The van der Waals surface area contributed by atoms with Gasteiger partial charge in [0.05, 0.1) is 0 Å². The largest absolute Gasteiger partial charge is 0.479 e. The first-order valence-corrected chi connectivity index (χ1v) is 4.02. The lowest BCUT2D eigenvalue weighted by Gasteiger charge is -2.22. The zero-order chi connectivity index (χ0) is 10.2. The Morgan fingerprint density at radius 1 is 1.46 bits per heavy atom. The SMILES string of the molecule is CC1CC(C(=O)O)OC1(C)C(=O)O. The predicted molar refractivity (Wildman–Crippen MR) is 42.3 cm³/mol. The summed E-state index contributed by atoms with van der Waals surface area (Å²) in [5.74, 6) is -2.49. The second kappa shape index (κ2) is 2.99. The highest BCUT2D eigenvalue weighted by molar-refractivity contribution is 5.80. The van der Waals surface area contributed by atoms with E-state index in [2.05, 4.69) is 0 Å². The van der Waals surface area contributed by atoms with E-state index in [9.17, 15) is 9.59 Å². The summed E-state index contributed by atoms with van der Waals surface area (Å²) in [6, 6.07) is 0. The molecule has 1 rings (SSSR count). The molecule has 1 aliphatic heterocycles. The van der Waals surface area contributed by atoms with Gasteiger partial charge in [-0.25, -0.2) is 9.59 Å². The minimum atomic E-state index is -1.36. The first-order chi connectivity index (χ1) is 5.88. The summed E-state index contributed by atoms with van der Waals surface area (Å²) in [6.07, 6.45) is -0.742. The fourth-order valence-corrected chi connectivity index (χ4v) is 1.42. The molecule has 5 nitrogen and oxygen atoms in total. The Bertz CT molecular complexity index is 249. The van der Waals surface area contributed by atoms with Crippen molar-refractivity contribution in [3.8, 4) is 0 Å². The highest BCUT2D eigenvalue weighted by Gasteiger charge is 2.50. The van der Waals surface area contributed by atoms with Crippen LogP contribution in [0, 0.1) is 5.92 Å². The fraction of sp³-hybridized carbons (Fsp3) is 0.750. The zero-order valence-corrected chi connectivity index (χ0v) is 7.48. The topological polar surface area (TPSA) is 83.8 Å². The molecular weight excluding hydrogens is 176 g/mol. The van der Waals surface area contributed by atoms with Crippen molar-refractivity contribution in [3.63, 3.8) is 0 Å². The summed E-state index contributed by atoms with van der Waals surface area (Å²) in [5.41, 5.74) is -1.36. The van der Waals surface area contributed by atoms with Gasteiger partial charge in [-0.1, -0.05) is 6.92 Å². The molecule has 74 valence electrons. The highest BCUT2D eigenvalue weighted by atomic mass is 16.6. The van der Waals surface area contributed by atoms with Crippen molar-refractivity contribution in [2.45, 2.75) is 32.0 Å². The van der Waals surface area contributed by atoms with Crippen molar-refractivity contribution < 1.29 is 24.5 Å². The van der Waals surface area contributed by atoms with Gasteiger partial charge in [-0.15, -0.1) is 0 Å². The summed E-state index contributed by atoms with van der Waals surface area (Å²) < 4.78 is 4.98. The standard InChI is InChI=1S/C8H12O5/c1-4-3-5(6(9)10)13-8(4,2)7(11)12/h4-5H,3H2,1-2H3,(H,9,10)(H,11,12). The van der Waals surface area contributed by atoms with Crippen molar-refractivity contribution in [2.75, 3.05) is 0 Å². The Morgan fingerprint density at radius 2 is 2.00 bits per heavy atom. The van der Waals surface area contributed by atoms with Crippen LogP contribution in [0.1, 0.15) is 20.3 Å². The molecule has 0 radical (unpaired) electrons. The van der Waals surface area contributed by atoms with E-state index in [1.165, 1.54) is 6.92 Å². The number of carboxylic acids is 2. The minimum Gasteiger partial charge on any atom is -0.479 e. The lowest BCUT2D eigenvalue weighted by Crippen LogP contribution is -2.40. The third-order valence-corrected chi connectivity index (χ3v) is 2.60. The molecule has 3 atom stereocenters. The molecule has 3 unspecified atom stereocenters. The molecule has 2 N–H and O–H groups in total. The van der Waals surface area contributed by atoms with Crippen LogP contribution in [0.15, 0.2) is 0 Å². The summed E-state index contributed by atoms with van der Waals surface area (Å²) in [4.78, 5) is 21.3. The van der Waals surface area contributed by atoms with Crippen LogP contribution < -0.4 is 0 Å². The van der Waals surface area contributed by atoms with E-state index in [0.717, 1.165) is 0 Å². The van der Waals surface area contributed by atoms with E-state index in [1.807, 2.05) is 0 Å². The Labute approximate surface area is 75.3 Å². The van der Waals surface area contributed by atoms with Crippen LogP contribution in [0.5, 0.6) is 0 Å². The molecule has 0 aromatic heterocycles. The molecule has 1 heterocycles. The van der Waals surface area contributed by atoms with Gasteiger partial charge in [0, 0.05) is 0 Å². The minimum absolute atomic E-state index is 0.248. The third-order valence-electron chi connectivity index (χ3n) is 2.60. The molecule has 0 spiro atoms. The number of aliphatic carboxylic acids is 2. The van der Waals surface area contributed by atoms with Crippen LogP contribution in [0.4, 0.5) is 0 Å². The van der Waals surface area contributed by atoms with Crippen molar-refractivity contribution in [1.29, 1.82) is 0 Å². The molecule has 0 bridgehead atoms. The zero-order valence-electron chi connectivity index (χ0n) is 7.48. The van der Waals surface area contributed by atoms with Gasteiger partial charge in [0.2, 0.25) is 0 Å². The van der Waals surface area contributed by atoms with Crippen molar-refractivity contribution >= 4 is 11.9 Å². The van der Waals surface area contributed by atoms with E-state index in [-0.39, 0.29) is 12.3 Å². The Kier molecular flexibility index (Phi) is 2.30. The summed E-state index contributed by atoms with van der Waals surface area (Å²) in [7, 11) is 0. The number of hydrogen-bond acceptors (Lipinski definition) is 3. The van der Waals surface area contributed by atoms with Gasteiger partial charge in [0.15, 0.2) is 11.7 Å². The number of carbonyl (C=O) groups is 2. The second-order valence-corrected chi connectivity index (χ2v) is 3.49. The smallest absolute Gasteiger partial charge is 0.335 e. The molecule has 13 heavy (non-hydrogen) atoms. The number of carboxylic acid groups (broad SMARTS) is 2. The van der Waals surface area contributed by atoms with E-state index in [1.54, 1.807) is 6.92 Å². The monoisotopic (exact) mass is 188 g/mol. The molecule has 5 heteroatoms. The van der Waals surface area contributed by atoms with Gasteiger partial charge >= 0.3 is 11.9 Å². The molecule has 0 saturated carbocycles. The van der Waals surface area contributed by atoms with E-state index in [0.29, 0.717) is 0 Å². The van der Waals surface area contributed by atoms with Crippen LogP contribution in [0.3, 0.4) is 0 Å². The third kappa shape index (κ3) is 1.51. The summed E-state index contributed by atoms with van der Waals surface area (Å²) >= 11 is 0. The van der Waals surface area contributed by atoms with E-state index < -0.39 is 23.6 Å². The maximum absolute atomic E-state index is 10.8. The average molecular weight is 188 g/mol. The van der Waals surface area contributed by atoms with Gasteiger partial charge in [0.25, 0.3) is 0 Å². The van der Waals surface area contributed by atoms with Crippen LogP contribution in [-0.2, 0) is 14.3 Å². The van der Waals surface area contributed by atoms with Crippen LogP contribution in [-0.4, -0.2) is 33.9 Å². The Hall–Kier alpha value is -1.10. The van der Waals surface area contributed by atoms with Gasteiger partial charge in [-0.2, -0.15) is 0 Å². The van der Waals surface area contributed by atoms with E-state index in [4.69, 9.17) is 14.9 Å². The first kappa shape index (κ1) is 9.98. The Morgan fingerprint density at radius 3 is 2.23 bits per heavy atom. The number of ether oxygens (including phenoxy) is 1. The average Bonchev–Trinajstić information content (AvgIpc) is 2.30. The molecule has 0 amide bonds. The van der Waals surface area contributed by atoms with Gasteiger partial charge in [-0.3, -0.25) is 0 Å². The summed E-state index contributed by atoms with van der Waals surface area (Å²) in [6.45, 7) is 3.08.